The molecule has 0 heterocycles. The van der Waals surface area contributed by atoms with Crippen molar-refractivity contribution < 1.29 is 32.7 Å². The van der Waals surface area contributed by atoms with Crippen molar-refractivity contribution in [3.8, 4) is 0 Å². The summed E-state index contributed by atoms with van der Waals surface area (Å²) in [5, 5.41) is 2.48. The molecule has 0 rings (SSSR count). The van der Waals surface area contributed by atoms with Gasteiger partial charge in [0.05, 0.1) is 19.4 Å². The molecule has 26 heavy (non-hydrogen) atoms. The van der Waals surface area contributed by atoms with E-state index in [1.54, 1.807) is 55.4 Å². The summed E-state index contributed by atoms with van der Waals surface area (Å²) in [6.45, 7) is 14.2. The third-order valence-corrected chi connectivity index (χ3v) is 4.83. The van der Waals surface area contributed by atoms with E-state index in [4.69, 9.17) is 18.5 Å². The summed E-state index contributed by atoms with van der Waals surface area (Å²) in [6, 6.07) is -1.03. The Morgan fingerprint density at radius 2 is 1.38 bits per heavy atom. The summed E-state index contributed by atoms with van der Waals surface area (Å²) in [6.07, 6.45) is -0.754. The molecule has 0 aliphatic carbocycles. The van der Waals surface area contributed by atoms with Crippen LogP contribution >= 0.6 is 7.60 Å². The van der Waals surface area contributed by atoms with Gasteiger partial charge in [-0.25, -0.2) is 9.59 Å². The molecule has 0 aromatic heterocycles. The molecule has 0 aromatic carbocycles. The number of carbonyl (C=O) groups is 2. The van der Waals surface area contributed by atoms with Crippen molar-refractivity contribution >= 4 is 19.7 Å². The molecule has 0 unspecified atom stereocenters. The van der Waals surface area contributed by atoms with Gasteiger partial charge >= 0.3 is 19.7 Å². The van der Waals surface area contributed by atoms with Gasteiger partial charge < -0.3 is 23.8 Å². The van der Waals surface area contributed by atoms with Gasteiger partial charge in [0.1, 0.15) is 17.2 Å². The van der Waals surface area contributed by atoms with Crippen LogP contribution < -0.4 is 5.32 Å². The Hall–Kier alpha value is -1.11. The normalized spacial score (nSPS) is 13.8. The Bertz CT molecular complexity index is 498. The number of nitrogens with one attached hydrogen (secondary N) is 1. The monoisotopic (exact) mass is 395 g/mol. The summed E-state index contributed by atoms with van der Waals surface area (Å²) in [5.74, 6) is -0.636. The minimum atomic E-state index is -3.35. The van der Waals surface area contributed by atoms with E-state index >= 15 is 0 Å². The smallest absolute Gasteiger partial charge is 0.408 e. The average Bonchev–Trinajstić information content (AvgIpc) is 2.40. The first kappa shape index (κ1) is 24.9. The van der Waals surface area contributed by atoms with Gasteiger partial charge in [-0.15, -0.1) is 0 Å². The molecule has 0 fully saturated rings. The van der Waals surface area contributed by atoms with Crippen molar-refractivity contribution in [2.45, 2.75) is 79.1 Å². The van der Waals surface area contributed by atoms with Crippen LogP contribution in [0, 0.1) is 0 Å². The zero-order valence-corrected chi connectivity index (χ0v) is 18.1. The summed E-state index contributed by atoms with van der Waals surface area (Å²) >= 11 is 0. The molecule has 1 amide bonds. The molecule has 0 aliphatic heterocycles. The molecule has 1 atom stereocenters. The van der Waals surface area contributed by atoms with Gasteiger partial charge in [0.15, 0.2) is 0 Å². The van der Waals surface area contributed by atoms with E-state index in [-0.39, 0.29) is 25.8 Å². The van der Waals surface area contributed by atoms with Gasteiger partial charge in [0.2, 0.25) is 0 Å². The van der Waals surface area contributed by atoms with Crippen LogP contribution in [0.15, 0.2) is 0 Å². The molecule has 0 radical (unpaired) electrons. The van der Waals surface area contributed by atoms with Crippen LogP contribution in [0.3, 0.4) is 0 Å². The quantitative estimate of drug-likeness (QED) is 0.467. The van der Waals surface area contributed by atoms with E-state index in [2.05, 4.69) is 5.32 Å². The van der Waals surface area contributed by atoms with Crippen LogP contribution in [0.1, 0.15) is 61.8 Å². The first-order chi connectivity index (χ1) is 11.7. The van der Waals surface area contributed by atoms with E-state index in [0.29, 0.717) is 0 Å². The lowest BCUT2D eigenvalue weighted by atomic mass is 10.1. The predicted octanol–water partition coefficient (Wildman–Crippen LogP) is 3.88. The maximum Gasteiger partial charge on any atom is 0.408 e. The van der Waals surface area contributed by atoms with Crippen molar-refractivity contribution in [2.24, 2.45) is 0 Å². The summed E-state index contributed by atoms with van der Waals surface area (Å²) in [5.41, 5.74) is -1.44. The summed E-state index contributed by atoms with van der Waals surface area (Å²) in [4.78, 5) is 24.5. The number of carbonyl (C=O) groups excluding carboxylic acids is 2. The van der Waals surface area contributed by atoms with Crippen LogP contribution in [0.4, 0.5) is 4.79 Å². The lowest BCUT2D eigenvalue weighted by Crippen LogP contribution is -2.46. The minimum Gasteiger partial charge on any atom is -0.458 e. The molecular formula is C17H34NO7P. The molecule has 0 bridgehead atoms. The molecule has 9 heteroatoms. The Morgan fingerprint density at radius 3 is 1.77 bits per heavy atom. The van der Waals surface area contributed by atoms with Crippen LogP contribution in [-0.2, 0) is 27.9 Å². The number of hydrogen-bond donors (Lipinski definition) is 1. The third kappa shape index (κ3) is 11.5. The molecule has 0 aliphatic rings. The van der Waals surface area contributed by atoms with Crippen molar-refractivity contribution in [1.29, 1.82) is 0 Å². The van der Waals surface area contributed by atoms with Gasteiger partial charge in [-0.3, -0.25) is 4.57 Å². The molecule has 0 saturated heterocycles. The molecular weight excluding hydrogens is 361 g/mol. The number of ether oxygens (including phenoxy) is 2. The fourth-order valence-electron chi connectivity index (χ4n) is 1.92. The molecule has 0 aromatic rings. The maximum absolute atomic E-state index is 12.6. The standard InChI is InChI=1S/C17H34NO7P/c1-9-22-26(21,23-10-2)12-11-13(14(19)24-16(3,4)5)18-15(20)25-17(6,7)8/h13H,9-12H2,1-8H3,(H,18,20)/t13-/m0/s1. The second-order valence-electron chi connectivity index (χ2n) is 7.69. The Morgan fingerprint density at radius 1 is 0.923 bits per heavy atom. The van der Waals surface area contributed by atoms with E-state index in [1.165, 1.54) is 0 Å². The van der Waals surface area contributed by atoms with Gasteiger partial charge in [0, 0.05) is 0 Å². The molecule has 8 nitrogen and oxygen atoms in total. The highest BCUT2D eigenvalue weighted by atomic mass is 31.2. The minimum absolute atomic E-state index is 0.0332. The van der Waals surface area contributed by atoms with Crippen molar-refractivity contribution in [1.82, 2.24) is 5.32 Å². The van der Waals surface area contributed by atoms with E-state index in [9.17, 15) is 14.2 Å². The fourth-order valence-corrected chi connectivity index (χ4v) is 3.61. The third-order valence-electron chi connectivity index (χ3n) is 2.73. The number of alkyl carbamates (subject to hydrolysis) is 1. The molecule has 1 N–H and O–H groups in total. The first-order valence-electron chi connectivity index (χ1n) is 8.82. The lowest BCUT2D eigenvalue weighted by molar-refractivity contribution is -0.157. The Labute approximate surface area is 156 Å². The summed E-state index contributed by atoms with van der Waals surface area (Å²) < 4.78 is 33.6. The van der Waals surface area contributed by atoms with Gasteiger partial charge in [0.25, 0.3) is 0 Å². The lowest BCUT2D eigenvalue weighted by Gasteiger charge is -2.27. The predicted molar refractivity (Wildman–Crippen MR) is 99.3 cm³/mol. The second-order valence-corrected chi connectivity index (χ2v) is 9.88. The highest BCUT2D eigenvalue weighted by Crippen LogP contribution is 2.48. The van der Waals surface area contributed by atoms with Crippen LogP contribution in [0.5, 0.6) is 0 Å². The van der Waals surface area contributed by atoms with Crippen molar-refractivity contribution in [3.63, 3.8) is 0 Å². The summed E-state index contributed by atoms with van der Waals surface area (Å²) in [7, 11) is -3.35. The largest absolute Gasteiger partial charge is 0.458 e. The number of amides is 1. The van der Waals surface area contributed by atoms with Crippen LogP contribution in [-0.4, -0.2) is 48.7 Å². The second kappa shape index (κ2) is 10.3. The number of esters is 1. The Kier molecular flexibility index (Phi) is 9.84. The highest BCUT2D eigenvalue weighted by molar-refractivity contribution is 7.53. The SMILES string of the molecule is CCOP(=O)(CC[C@H](NC(=O)OC(C)(C)C)C(=O)OC(C)(C)C)OCC. The number of hydrogen-bond acceptors (Lipinski definition) is 7. The van der Waals surface area contributed by atoms with Gasteiger partial charge in [-0.2, -0.15) is 0 Å². The van der Waals surface area contributed by atoms with E-state index in [0.717, 1.165) is 0 Å². The van der Waals surface area contributed by atoms with Crippen LogP contribution in [0.25, 0.3) is 0 Å². The fraction of sp³-hybridized carbons (Fsp3) is 0.882. The van der Waals surface area contributed by atoms with Gasteiger partial charge in [-0.05, 0) is 61.8 Å². The first-order valence-corrected chi connectivity index (χ1v) is 10.5. The number of rotatable bonds is 9. The maximum atomic E-state index is 12.6. The van der Waals surface area contributed by atoms with Gasteiger partial charge in [-0.1, -0.05) is 0 Å². The van der Waals surface area contributed by atoms with E-state index in [1.807, 2.05) is 0 Å². The highest BCUT2D eigenvalue weighted by Gasteiger charge is 2.32. The molecule has 154 valence electrons. The zero-order chi connectivity index (χ0) is 20.6. The Balaban J connectivity index is 5.16. The topological polar surface area (TPSA) is 100 Å². The molecule has 0 spiro atoms. The zero-order valence-electron chi connectivity index (χ0n) is 17.2. The van der Waals surface area contributed by atoms with Crippen LogP contribution in [0.2, 0.25) is 0 Å². The van der Waals surface area contributed by atoms with Crippen molar-refractivity contribution in [3.05, 3.63) is 0 Å². The van der Waals surface area contributed by atoms with Crippen molar-refractivity contribution in [2.75, 3.05) is 19.4 Å². The molecule has 0 saturated carbocycles. The average molecular weight is 395 g/mol. The van der Waals surface area contributed by atoms with E-state index < -0.39 is 36.9 Å².